The van der Waals surface area contributed by atoms with Crippen molar-refractivity contribution >= 4 is 0 Å². The monoisotopic (exact) mass is 258 g/mol. The highest BCUT2D eigenvalue weighted by molar-refractivity contribution is 5.13. The van der Waals surface area contributed by atoms with Gasteiger partial charge < -0.3 is 5.73 Å². The van der Waals surface area contributed by atoms with Gasteiger partial charge in [-0.25, -0.2) is 0 Å². The molecule has 1 aromatic rings. The zero-order valence-corrected chi connectivity index (χ0v) is 11.5. The SMILES string of the molecule is CCC(N)C(c1ccccn1)N(CCC#N)C1CC1. The summed E-state index contributed by atoms with van der Waals surface area (Å²) < 4.78 is 0. The van der Waals surface area contributed by atoms with Crippen molar-refractivity contribution in [1.82, 2.24) is 9.88 Å². The van der Waals surface area contributed by atoms with Crippen molar-refractivity contribution in [2.75, 3.05) is 6.54 Å². The van der Waals surface area contributed by atoms with Crippen molar-refractivity contribution in [3.8, 4) is 6.07 Å². The minimum absolute atomic E-state index is 0.0641. The van der Waals surface area contributed by atoms with Crippen LogP contribution >= 0.6 is 0 Å². The number of rotatable bonds is 7. The molecular weight excluding hydrogens is 236 g/mol. The minimum Gasteiger partial charge on any atom is -0.326 e. The average Bonchev–Trinajstić information content (AvgIpc) is 3.28. The molecule has 4 heteroatoms. The van der Waals surface area contributed by atoms with Crippen molar-refractivity contribution in [2.24, 2.45) is 5.73 Å². The summed E-state index contributed by atoms with van der Waals surface area (Å²) in [5, 5.41) is 8.84. The first-order valence-corrected chi connectivity index (χ1v) is 7.07. The molecule has 2 N–H and O–H groups in total. The summed E-state index contributed by atoms with van der Waals surface area (Å²) in [6, 6.07) is 8.99. The Morgan fingerprint density at radius 3 is 2.84 bits per heavy atom. The number of pyridine rings is 1. The molecule has 2 atom stereocenters. The second-order valence-corrected chi connectivity index (χ2v) is 5.15. The Bertz CT molecular complexity index is 422. The molecule has 2 unspecified atom stereocenters. The van der Waals surface area contributed by atoms with Crippen LogP contribution in [0.15, 0.2) is 24.4 Å². The van der Waals surface area contributed by atoms with Crippen LogP contribution in [-0.2, 0) is 0 Å². The fourth-order valence-electron chi connectivity index (χ4n) is 2.54. The van der Waals surface area contributed by atoms with Gasteiger partial charge in [0.15, 0.2) is 0 Å². The normalized spacial score (nSPS) is 18.0. The zero-order chi connectivity index (χ0) is 13.7. The number of nitrogens with zero attached hydrogens (tertiary/aromatic N) is 3. The molecule has 1 aliphatic carbocycles. The Kier molecular flexibility index (Phi) is 4.89. The van der Waals surface area contributed by atoms with Crippen LogP contribution in [0.3, 0.4) is 0 Å². The standard InChI is InChI=1S/C15H22N4/c1-2-13(17)15(14-6-3-4-10-18-14)19(11-5-9-16)12-7-8-12/h3-4,6,10,12-13,15H,2,5,7-8,11,17H2,1H3. The quantitative estimate of drug-likeness (QED) is 0.814. The number of nitriles is 1. The van der Waals surface area contributed by atoms with Gasteiger partial charge in [-0.3, -0.25) is 9.88 Å². The predicted octanol–water partition coefficient (Wildman–Crippen LogP) is 2.24. The largest absolute Gasteiger partial charge is 0.326 e. The van der Waals surface area contributed by atoms with Gasteiger partial charge in [-0.05, 0) is 31.4 Å². The third kappa shape index (κ3) is 3.52. The van der Waals surface area contributed by atoms with Gasteiger partial charge in [0.2, 0.25) is 0 Å². The molecule has 2 rings (SSSR count). The van der Waals surface area contributed by atoms with E-state index in [-0.39, 0.29) is 12.1 Å². The zero-order valence-electron chi connectivity index (χ0n) is 11.5. The molecule has 0 spiro atoms. The summed E-state index contributed by atoms with van der Waals surface area (Å²) in [6.07, 6.45) is 5.71. The van der Waals surface area contributed by atoms with Crippen molar-refractivity contribution in [1.29, 1.82) is 5.26 Å². The van der Waals surface area contributed by atoms with E-state index in [1.54, 1.807) is 0 Å². The molecule has 0 aromatic carbocycles. The Morgan fingerprint density at radius 2 is 2.32 bits per heavy atom. The fourth-order valence-corrected chi connectivity index (χ4v) is 2.54. The smallest absolute Gasteiger partial charge is 0.0676 e. The lowest BCUT2D eigenvalue weighted by Crippen LogP contribution is -2.43. The molecule has 0 saturated heterocycles. The maximum absolute atomic E-state index is 8.84. The van der Waals surface area contributed by atoms with Crippen LogP contribution in [-0.4, -0.2) is 28.5 Å². The molecule has 0 aliphatic heterocycles. The van der Waals surface area contributed by atoms with Crippen LogP contribution in [0.4, 0.5) is 0 Å². The van der Waals surface area contributed by atoms with Crippen molar-refractivity contribution < 1.29 is 0 Å². The fraction of sp³-hybridized carbons (Fsp3) is 0.600. The number of nitrogens with two attached hydrogens (primary N) is 1. The molecule has 1 saturated carbocycles. The third-order valence-electron chi connectivity index (χ3n) is 3.72. The van der Waals surface area contributed by atoms with Crippen molar-refractivity contribution in [3.05, 3.63) is 30.1 Å². The first-order chi connectivity index (χ1) is 9.27. The second-order valence-electron chi connectivity index (χ2n) is 5.15. The highest BCUT2D eigenvalue weighted by Crippen LogP contribution is 2.35. The second kappa shape index (κ2) is 6.65. The van der Waals surface area contributed by atoms with E-state index in [1.165, 1.54) is 12.8 Å². The van der Waals surface area contributed by atoms with Crippen LogP contribution < -0.4 is 5.73 Å². The number of hydrogen-bond donors (Lipinski definition) is 1. The summed E-state index contributed by atoms with van der Waals surface area (Å²) in [5.41, 5.74) is 7.35. The van der Waals surface area contributed by atoms with E-state index in [1.807, 2.05) is 24.4 Å². The van der Waals surface area contributed by atoms with Crippen LogP contribution in [0, 0.1) is 11.3 Å². The molecule has 4 nitrogen and oxygen atoms in total. The minimum atomic E-state index is 0.0641. The molecular formula is C15H22N4. The molecule has 19 heavy (non-hydrogen) atoms. The molecule has 102 valence electrons. The molecule has 0 amide bonds. The Balaban J connectivity index is 2.22. The summed E-state index contributed by atoms with van der Waals surface area (Å²) in [4.78, 5) is 6.87. The van der Waals surface area contributed by atoms with E-state index >= 15 is 0 Å². The van der Waals surface area contributed by atoms with E-state index < -0.39 is 0 Å². The lowest BCUT2D eigenvalue weighted by Gasteiger charge is -2.34. The summed E-state index contributed by atoms with van der Waals surface area (Å²) in [7, 11) is 0. The van der Waals surface area contributed by atoms with Crippen LogP contribution in [0.1, 0.15) is 44.3 Å². The average molecular weight is 258 g/mol. The molecule has 1 fully saturated rings. The summed E-state index contributed by atoms with van der Waals surface area (Å²) >= 11 is 0. The van der Waals surface area contributed by atoms with E-state index in [2.05, 4.69) is 22.9 Å². The summed E-state index contributed by atoms with van der Waals surface area (Å²) in [6.45, 7) is 2.89. The van der Waals surface area contributed by atoms with Gasteiger partial charge in [0.25, 0.3) is 0 Å². The topological polar surface area (TPSA) is 65.9 Å². The Hall–Kier alpha value is -1.44. The van der Waals surface area contributed by atoms with Gasteiger partial charge in [0, 0.05) is 31.2 Å². The van der Waals surface area contributed by atoms with Gasteiger partial charge in [-0.1, -0.05) is 13.0 Å². The maximum Gasteiger partial charge on any atom is 0.0676 e. The highest BCUT2D eigenvalue weighted by Gasteiger charge is 2.37. The van der Waals surface area contributed by atoms with E-state index in [4.69, 9.17) is 11.0 Å². The van der Waals surface area contributed by atoms with Gasteiger partial charge >= 0.3 is 0 Å². The molecule has 1 aliphatic rings. The van der Waals surface area contributed by atoms with Crippen LogP contribution in [0.25, 0.3) is 0 Å². The third-order valence-corrected chi connectivity index (χ3v) is 3.72. The lowest BCUT2D eigenvalue weighted by atomic mass is 10.00. The van der Waals surface area contributed by atoms with Gasteiger partial charge in [-0.15, -0.1) is 0 Å². The lowest BCUT2D eigenvalue weighted by molar-refractivity contribution is 0.159. The van der Waals surface area contributed by atoms with Crippen LogP contribution in [0.2, 0.25) is 0 Å². The predicted molar refractivity (Wildman–Crippen MR) is 75.2 cm³/mol. The van der Waals surface area contributed by atoms with E-state index in [9.17, 15) is 0 Å². The van der Waals surface area contributed by atoms with Gasteiger partial charge in [0.1, 0.15) is 0 Å². The first kappa shape index (κ1) is 14.0. The highest BCUT2D eigenvalue weighted by atomic mass is 15.2. The van der Waals surface area contributed by atoms with Gasteiger partial charge in [0.05, 0.1) is 17.8 Å². The van der Waals surface area contributed by atoms with Crippen molar-refractivity contribution in [2.45, 2.75) is 50.7 Å². The van der Waals surface area contributed by atoms with Gasteiger partial charge in [-0.2, -0.15) is 5.26 Å². The molecule has 1 aromatic heterocycles. The van der Waals surface area contributed by atoms with E-state index in [0.29, 0.717) is 12.5 Å². The Labute approximate surface area is 115 Å². The Morgan fingerprint density at radius 1 is 1.53 bits per heavy atom. The first-order valence-electron chi connectivity index (χ1n) is 7.07. The number of aromatic nitrogens is 1. The molecule has 1 heterocycles. The van der Waals surface area contributed by atoms with Crippen molar-refractivity contribution in [3.63, 3.8) is 0 Å². The maximum atomic E-state index is 8.84. The molecule has 0 radical (unpaired) electrons. The molecule has 0 bridgehead atoms. The van der Waals surface area contributed by atoms with Crippen LogP contribution in [0.5, 0.6) is 0 Å². The van der Waals surface area contributed by atoms with E-state index in [0.717, 1.165) is 18.7 Å². The summed E-state index contributed by atoms with van der Waals surface area (Å²) in [5.74, 6) is 0. The number of hydrogen-bond acceptors (Lipinski definition) is 4.